The Morgan fingerprint density at radius 1 is 1.05 bits per heavy atom. The predicted molar refractivity (Wildman–Crippen MR) is 153 cm³/mol. The minimum Gasteiger partial charge on any atom is -0.458 e. The number of ether oxygens (including phenoxy) is 1. The predicted octanol–water partition coefficient (Wildman–Crippen LogP) is 2.71. The van der Waals surface area contributed by atoms with Gasteiger partial charge < -0.3 is 9.15 Å². The molecule has 1 unspecified atom stereocenters. The molecule has 6 rings (SSSR count). The molecule has 216 valence electrons. The number of carbonyl (C=O) groups is 1. The van der Waals surface area contributed by atoms with Gasteiger partial charge in [0.1, 0.15) is 12.2 Å². The standard InChI is InChI=1S/C28H31ClN6O5S/c29-25-7-3-1-6-22(25)16-34-17-23(30-31-34)18-35-19-24(20-41(35,37)38)33-11-9-32(10-12-33)13-14-39-28(36)27-15-21-5-2-4-8-26(21)40-27/h1-8,15,17,24H,9-14,16,18-20H2. The molecule has 2 aliphatic heterocycles. The number of hydrogen-bond acceptors (Lipinski definition) is 9. The molecule has 4 heterocycles. The van der Waals surface area contributed by atoms with Crippen molar-refractivity contribution in [1.29, 1.82) is 0 Å². The number of piperazine rings is 1. The number of hydrogen-bond donors (Lipinski definition) is 0. The zero-order chi connectivity index (χ0) is 28.4. The fourth-order valence-electron chi connectivity index (χ4n) is 5.38. The quantitative estimate of drug-likeness (QED) is 0.268. The van der Waals surface area contributed by atoms with Gasteiger partial charge in [0, 0.05) is 55.7 Å². The van der Waals surface area contributed by atoms with Crippen molar-refractivity contribution in [2.45, 2.75) is 19.1 Å². The van der Waals surface area contributed by atoms with Gasteiger partial charge in [-0.25, -0.2) is 17.9 Å². The average molecular weight is 599 g/mol. The maximum atomic E-state index is 13.0. The Labute approximate surface area is 243 Å². The summed E-state index contributed by atoms with van der Waals surface area (Å²) in [5.41, 5.74) is 2.18. The van der Waals surface area contributed by atoms with Crippen LogP contribution in [-0.4, -0.2) is 101 Å². The SMILES string of the molecule is O=C(OCCN1CCN(C2CN(Cc3cn(Cc4ccccc4Cl)nn3)S(=O)(=O)C2)CC1)c1cc2ccccc2o1. The van der Waals surface area contributed by atoms with Gasteiger partial charge in [-0.2, -0.15) is 4.31 Å². The van der Waals surface area contributed by atoms with Gasteiger partial charge in [0.05, 0.1) is 30.7 Å². The highest BCUT2D eigenvalue weighted by molar-refractivity contribution is 7.89. The van der Waals surface area contributed by atoms with E-state index in [9.17, 15) is 13.2 Å². The molecule has 11 nitrogen and oxygen atoms in total. The Morgan fingerprint density at radius 3 is 2.63 bits per heavy atom. The van der Waals surface area contributed by atoms with Crippen molar-refractivity contribution in [2.24, 2.45) is 0 Å². The maximum absolute atomic E-state index is 13.0. The maximum Gasteiger partial charge on any atom is 0.374 e. The fourth-order valence-corrected chi connectivity index (χ4v) is 7.31. The number of rotatable bonds is 9. The molecule has 2 aromatic carbocycles. The van der Waals surface area contributed by atoms with Crippen LogP contribution in [0.1, 0.15) is 21.8 Å². The third-order valence-corrected chi connectivity index (χ3v) is 9.86. The van der Waals surface area contributed by atoms with Crippen LogP contribution in [-0.2, 0) is 27.8 Å². The lowest BCUT2D eigenvalue weighted by atomic mass is 10.2. The van der Waals surface area contributed by atoms with Crippen LogP contribution >= 0.6 is 11.6 Å². The summed E-state index contributed by atoms with van der Waals surface area (Å²) in [5.74, 6) is -0.179. The minimum absolute atomic E-state index is 0.0776. The molecule has 0 spiro atoms. The van der Waals surface area contributed by atoms with Gasteiger partial charge in [-0.05, 0) is 23.8 Å². The van der Waals surface area contributed by atoms with Crippen molar-refractivity contribution in [1.82, 2.24) is 29.1 Å². The molecule has 13 heteroatoms. The molecule has 1 atom stereocenters. The molecule has 0 aliphatic carbocycles. The van der Waals surface area contributed by atoms with E-state index in [-0.39, 0.29) is 30.7 Å². The largest absolute Gasteiger partial charge is 0.458 e. The number of fused-ring (bicyclic) bond motifs is 1. The molecule has 2 aliphatic rings. The Balaban J connectivity index is 0.956. The second kappa shape index (κ2) is 11.9. The summed E-state index contributed by atoms with van der Waals surface area (Å²) in [7, 11) is -3.40. The smallest absolute Gasteiger partial charge is 0.374 e. The highest BCUT2D eigenvalue weighted by Gasteiger charge is 2.40. The van der Waals surface area contributed by atoms with Gasteiger partial charge in [0.25, 0.3) is 0 Å². The first-order valence-electron chi connectivity index (χ1n) is 13.6. The number of esters is 1. The first kappa shape index (κ1) is 27.9. The summed E-state index contributed by atoms with van der Waals surface area (Å²) in [6.45, 7) is 5.00. The van der Waals surface area contributed by atoms with Crippen LogP contribution in [0.15, 0.2) is 65.2 Å². The van der Waals surface area contributed by atoms with E-state index in [4.69, 9.17) is 20.8 Å². The summed E-state index contributed by atoms with van der Waals surface area (Å²) in [6.07, 6.45) is 1.77. The van der Waals surface area contributed by atoms with Crippen LogP contribution in [0.5, 0.6) is 0 Å². The summed E-state index contributed by atoms with van der Waals surface area (Å²) < 4.78 is 40.1. The second-order valence-corrected chi connectivity index (χ2v) is 12.8. The van der Waals surface area contributed by atoms with Crippen molar-refractivity contribution in [3.05, 3.63) is 82.8 Å². The van der Waals surface area contributed by atoms with E-state index in [0.29, 0.717) is 35.9 Å². The van der Waals surface area contributed by atoms with Crippen molar-refractivity contribution >= 4 is 38.6 Å². The number of nitrogens with zero attached hydrogens (tertiary/aromatic N) is 6. The third-order valence-electron chi connectivity index (χ3n) is 7.62. The van der Waals surface area contributed by atoms with E-state index < -0.39 is 16.0 Å². The molecule has 2 saturated heterocycles. The summed E-state index contributed by atoms with van der Waals surface area (Å²) in [5, 5.41) is 9.86. The second-order valence-electron chi connectivity index (χ2n) is 10.4. The molecule has 41 heavy (non-hydrogen) atoms. The monoisotopic (exact) mass is 598 g/mol. The zero-order valence-electron chi connectivity index (χ0n) is 22.4. The van der Waals surface area contributed by atoms with Crippen LogP contribution in [0.3, 0.4) is 0 Å². The lowest BCUT2D eigenvalue weighted by molar-refractivity contribution is 0.0373. The number of sulfonamides is 1. The molecule has 0 saturated carbocycles. The number of carbonyl (C=O) groups excluding carboxylic acids is 1. The zero-order valence-corrected chi connectivity index (χ0v) is 24.0. The van der Waals surface area contributed by atoms with E-state index in [2.05, 4.69) is 20.1 Å². The molecule has 0 bridgehead atoms. The fraction of sp³-hybridized carbons (Fsp3) is 0.393. The van der Waals surface area contributed by atoms with Crippen LogP contribution in [0.2, 0.25) is 5.02 Å². The van der Waals surface area contributed by atoms with E-state index in [1.165, 1.54) is 4.31 Å². The lowest BCUT2D eigenvalue weighted by Crippen LogP contribution is -2.52. The summed E-state index contributed by atoms with van der Waals surface area (Å²) in [4.78, 5) is 16.8. The Kier molecular flexibility index (Phi) is 8.09. The Morgan fingerprint density at radius 2 is 1.83 bits per heavy atom. The average Bonchev–Trinajstić information content (AvgIpc) is 3.67. The minimum atomic E-state index is -3.40. The number of furan rings is 1. The van der Waals surface area contributed by atoms with Gasteiger partial charge in [-0.3, -0.25) is 9.80 Å². The molecule has 2 aromatic heterocycles. The van der Waals surface area contributed by atoms with Crippen molar-refractivity contribution in [2.75, 3.05) is 51.6 Å². The van der Waals surface area contributed by atoms with Crippen molar-refractivity contribution in [3.8, 4) is 0 Å². The van der Waals surface area contributed by atoms with E-state index in [1.807, 2.05) is 48.5 Å². The number of benzene rings is 2. The van der Waals surface area contributed by atoms with E-state index in [1.54, 1.807) is 16.9 Å². The molecule has 0 N–H and O–H groups in total. The summed E-state index contributed by atoms with van der Waals surface area (Å²) >= 11 is 6.25. The molecule has 0 radical (unpaired) electrons. The van der Waals surface area contributed by atoms with Crippen molar-refractivity contribution in [3.63, 3.8) is 0 Å². The van der Waals surface area contributed by atoms with Crippen LogP contribution in [0.4, 0.5) is 0 Å². The topological polar surface area (TPSA) is 114 Å². The highest BCUT2D eigenvalue weighted by Crippen LogP contribution is 2.23. The normalized spacial score (nSPS) is 20.1. The number of halogens is 1. The Hall–Kier alpha value is -3.29. The van der Waals surface area contributed by atoms with Gasteiger partial charge in [-0.15, -0.1) is 5.10 Å². The Bertz CT molecular complexity index is 1600. The lowest BCUT2D eigenvalue weighted by Gasteiger charge is -2.37. The third kappa shape index (κ3) is 6.47. The molecule has 2 fully saturated rings. The van der Waals surface area contributed by atoms with Gasteiger partial charge in [0.15, 0.2) is 0 Å². The summed E-state index contributed by atoms with van der Waals surface area (Å²) in [6, 6.07) is 16.6. The number of para-hydroxylation sites is 1. The van der Waals surface area contributed by atoms with Gasteiger partial charge in [0.2, 0.25) is 15.8 Å². The molecular weight excluding hydrogens is 568 g/mol. The van der Waals surface area contributed by atoms with E-state index in [0.717, 1.165) is 37.1 Å². The molecular formula is C28H31ClN6O5S. The van der Waals surface area contributed by atoms with Crippen LogP contribution in [0.25, 0.3) is 11.0 Å². The highest BCUT2D eigenvalue weighted by atomic mass is 35.5. The van der Waals surface area contributed by atoms with E-state index >= 15 is 0 Å². The first-order chi connectivity index (χ1) is 19.8. The molecule has 4 aromatic rings. The van der Waals surface area contributed by atoms with Crippen LogP contribution < -0.4 is 0 Å². The first-order valence-corrected chi connectivity index (χ1v) is 15.6. The van der Waals surface area contributed by atoms with Gasteiger partial charge in [-0.1, -0.05) is 53.2 Å². The molecule has 0 amide bonds. The van der Waals surface area contributed by atoms with Crippen molar-refractivity contribution < 1.29 is 22.4 Å². The van der Waals surface area contributed by atoms with Crippen LogP contribution in [0, 0.1) is 0 Å². The number of aromatic nitrogens is 3. The van der Waals surface area contributed by atoms with Gasteiger partial charge >= 0.3 is 5.97 Å².